The van der Waals surface area contributed by atoms with Crippen molar-refractivity contribution in [2.24, 2.45) is 0 Å². The van der Waals surface area contributed by atoms with Gasteiger partial charge in [-0.2, -0.15) is 5.10 Å². The molecule has 0 amide bonds. The van der Waals surface area contributed by atoms with Gasteiger partial charge in [-0.15, -0.1) is 5.10 Å². The van der Waals surface area contributed by atoms with E-state index in [0.717, 1.165) is 27.8 Å². The normalized spacial score (nSPS) is 18.0. The van der Waals surface area contributed by atoms with Crippen LogP contribution >= 0.6 is 11.6 Å². The van der Waals surface area contributed by atoms with E-state index in [0.29, 0.717) is 42.5 Å². The molecule has 1 aliphatic heterocycles. The fourth-order valence-electron chi connectivity index (χ4n) is 4.87. The Hall–Kier alpha value is -3.89. The van der Waals surface area contributed by atoms with E-state index in [-0.39, 0.29) is 11.7 Å². The predicted octanol–water partition coefficient (Wildman–Crippen LogP) is 4.52. The number of H-pyrrole nitrogens is 1. The van der Waals surface area contributed by atoms with Gasteiger partial charge in [0.2, 0.25) is 0 Å². The second kappa shape index (κ2) is 9.53. The van der Waals surface area contributed by atoms with Crippen molar-refractivity contribution < 1.29 is 14.2 Å². The van der Waals surface area contributed by atoms with Crippen LogP contribution in [-0.4, -0.2) is 61.7 Å². The van der Waals surface area contributed by atoms with Gasteiger partial charge in [0.1, 0.15) is 17.4 Å². The minimum atomic E-state index is -0.727. The second-order valence-corrected chi connectivity index (χ2v) is 9.41. The van der Waals surface area contributed by atoms with E-state index in [1.54, 1.807) is 22.8 Å². The molecule has 0 unspecified atom stereocenters. The number of pyridine rings is 2. The lowest BCUT2D eigenvalue weighted by molar-refractivity contribution is 0.139. The Morgan fingerprint density at radius 3 is 2.92 bits per heavy atom. The van der Waals surface area contributed by atoms with E-state index in [2.05, 4.69) is 20.6 Å². The van der Waals surface area contributed by atoms with Gasteiger partial charge in [0.15, 0.2) is 5.65 Å². The Kier molecular flexibility index (Phi) is 6.05. The molecular weight excluding hydrogens is 497 g/mol. The number of para-hydroxylation sites is 1. The summed E-state index contributed by atoms with van der Waals surface area (Å²) in [5.74, 6) is 1.02. The molecule has 1 aliphatic rings. The fourth-order valence-corrected chi connectivity index (χ4v) is 5.09. The lowest BCUT2D eigenvalue weighted by Crippen LogP contribution is -2.50. The zero-order chi connectivity index (χ0) is 25.5. The minimum Gasteiger partial charge on any atom is -0.492 e. The number of fused-ring (bicyclic) bond motifs is 3. The Morgan fingerprint density at radius 1 is 1.27 bits per heavy atom. The number of β-amino-alcohol motifs (C(OH)–C–C–N with tert-alkyl or cyclic N) is 1. The van der Waals surface area contributed by atoms with Crippen molar-refractivity contribution in [2.75, 3.05) is 29.9 Å². The van der Waals surface area contributed by atoms with Crippen molar-refractivity contribution in [1.82, 2.24) is 24.8 Å². The third kappa shape index (κ3) is 4.32. The van der Waals surface area contributed by atoms with Gasteiger partial charge in [-0.25, -0.2) is 13.9 Å². The van der Waals surface area contributed by atoms with Crippen molar-refractivity contribution in [3.05, 3.63) is 65.8 Å². The number of nitrogens with zero attached hydrogens (tertiary/aromatic N) is 5. The van der Waals surface area contributed by atoms with Crippen molar-refractivity contribution in [3.63, 3.8) is 0 Å². The van der Waals surface area contributed by atoms with Gasteiger partial charge < -0.3 is 20.1 Å². The SMILES string of the molecule is CCOc1cc(-c2ccc(N3CC[C@H](Nc4c(F)cccc4Cl)[C@@H](O)C3)nc2)c2c3cn[nH]c3nn2c1. The van der Waals surface area contributed by atoms with Gasteiger partial charge in [-0.05, 0) is 43.7 Å². The molecule has 0 aliphatic carbocycles. The van der Waals surface area contributed by atoms with Gasteiger partial charge in [0, 0.05) is 30.4 Å². The molecule has 3 N–H and O–H groups in total. The smallest absolute Gasteiger partial charge is 0.178 e. The summed E-state index contributed by atoms with van der Waals surface area (Å²) in [7, 11) is 0. The number of hydrogen-bond acceptors (Lipinski definition) is 7. The number of aromatic amines is 1. The van der Waals surface area contributed by atoms with Crippen LogP contribution in [0, 0.1) is 5.82 Å². The van der Waals surface area contributed by atoms with Crippen LogP contribution in [0.1, 0.15) is 13.3 Å². The van der Waals surface area contributed by atoms with Crippen molar-refractivity contribution >= 4 is 39.7 Å². The highest BCUT2D eigenvalue weighted by molar-refractivity contribution is 6.33. The molecule has 1 saturated heterocycles. The molecule has 5 aromatic rings. The molecule has 0 saturated carbocycles. The number of rotatable bonds is 6. The van der Waals surface area contributed by atoms with E-state index in [1.807, 2.05) is 42.4 Å². The molecule has 4 aromatic heterocycles. The van der Waals surface area contributed by atoms with Crippen LogP contribution in [0.4, 0.5) is 15.9 Å². The van der Waals surface area contributed by atoms with Crippen LogP contribution in [-0.2, 0) is 0 Å². The maximum Gasteiger partial charge on any atom is 0.178 e. The summed E-state index contributed by atoms with van der Waals surface area (Å²) < 4.78 is 21.8. The van der Waals surface area contributed by atoms with Crippen LogP contribution in [0.2, 0.25) is 5.02 Å². The summed E-state index contributed by atoms with van der Waals surface area (Å²) in [6, 6.07) is 10.1. The summed E-state index contributed by atoms with van der Waals surface area (Å²) in [6.07, 6.45) is 5.30. The lowest BCUT2D eigenvalue weighted by atomic mass is 10.0. The first-order valence-corrected chi connectivity index (χ1v) is 12.5. The predicted molar refractivity (Wildman–Crippen MR) is 141 cm³/mol. The van der Waals surface area contributed by atoms with Crippen molar-refractivity contribution in [1.29, 1.82) is 0 Å². The number of benzene rings is 1. The molecule has 2 atom stereocenters. The van der Waals surface area contributed by atoms with E-state index in [9.17, 15) is 9.50 Å². The van der Waals surface area contributed by atoms with E-state index < -0.39 is 11.9 Å². The molecule has 37 heavy (non-hydrogen) atoms. The molecule has 0 radical (unpaired) electrons. The zero-order valence-electron chi connectivity index (χ0n) is 20.0. The van der Waals surface area contributed by atoms with Gasteiger partial charge in [0.25, 0.3) is 0 Å². The summed E-state index contributed by atoms with van der Waals surface area (Å²) in [5, 5.41) is 26.7. The largest absolute Gasteiger partial charge is 0.492 e. The summed E-state index contributed by atoms with van der Waals surface area (Å²) >= 11 is 6.15. The number of halogens is 2. The molecule has 1 aromatic carbocycles. The molecule has 1 fully saturated rings. The number of aliphatic hydroxyl groups is 1. The Morgan fingerprint density at radius 2 is 2.16 bits per heavy atom. The number of aliphatic hydroxyl groups excluding tert-OH is 1. The molecule has 190 valence electrons. The third-order valence-corrected chi connectivity index (χ3v) is 6.99. The van der Waals surface area contributed by atoms with Gasteiger partial charge in [-0.3, -0.25) is 5.10 Å². The van der Waals surface area contributed by atoms with E-state index in [4.69, 9.17) is 21.3 Å². The number of anilines is 2. The van der Waals surface area contributed by atoms with Gasteiger partial charge in [0.05, 0.1) is 52.8 Å². The lowest BCUT2D eigenvalue weighted by Gasteiger charge is -2.37. The third-order valence-electron chi connectivity index (χ3n) is 6.67. The van der Waals surface area contributed by atoms with E-state index >= 15 is 0 Å². The molecule has 6 rings (SSSR count). The average Bonchev–Trinajstić information content (AvgIpc) is 3.48. The van der Waals surface area contributed by atoms with Crippen LogP contribution in [0.15, 0.2) is 55.0 Å². The Labute approximate surface area is 216 Å². The number of aromatic nitrogens is 5. The quantitative estimate of drug-likeness (QED) is 0.302. The maximum absolute atomic E-state index is 14.2. The highest BCUT2D eigenvalue weighted by Crippen LogP contribution is 2.34. The highest BCUT2D eigenvalue weighted by atomic mass is 35.5. The monoisotopic (exact) mass is 521 g/mol. The molecule has 0 bridgehead atoms. The molecule has 0 spiro atoms. The zero-order valence-corrected chi connectivity index (χ0v) is 20.8. The second-order valence-electron chi connectivity index (χ2n) is 9.00. The topological polar surface area (TPSA) is 104 Å². The van der Waals surface area contributed by atoms with Crippen LogP contribution in [0.25, 0.3) is 27.7 Å². The minimum absolute atomic E-state index is 0.219. The standard InChI is InChI=1S/C26H25ClFN7O2/c1-2-37-16-10-17(25-18-12-30-32-26(18)33-35(25)13-16)15-6-7-23(29-11-15)34-9-8-21(22(36)14-34)31-24-19(27)4-3-5-20(24)28/h3-7,10-13,21-22,31,36H,2,8-9,14H2,1H3,(H,32,33)/t21-,22-/m0/s1. The molecular formula is C26H25ClFN7O2. The van der Waals surface area contributed by atoms with E-state index in [1.165, 1.54) is 6.07 Å². The van der Waals surface area contributed by atoms with Gasteiger partial charge in [-0.1, -0.05) is 17.7 Å². The van der Waals surface area contributed by atoms with Crippen molar-refractivity contribution in [3.8, 4) is 16.9 Å². The first-order valence-electron chi connectivity index (χ1n) is 12.1. The molecule has 11 heteroatoms. The summed E-state index contributed by atoms with van der Waals surface area (Å²) in [5.41, 5.74) is 3.66. The average molecular weight is 522 g/mol. The Balaban J connectivity index is 1.24. The number of hydrogen-bond donors (Lipinski definition) is 3. The Bertz CT molecular complexity index is 1550. The fraction of sp³-hybridized carbons (Fsp3) is 0.269. The number of ether oxygens (including phenoxy) is 1. The van der Waals surface area contributed by atoms with Crippen molar-refractivity contribution in [2.45, 2.75) is 25.5 Å². The maximum atomic E-state index is 14.2. The summed E-state index contributed by atoms with van der Waals surface area (Å²) in [4.78, 5) is 6.73. The van der Waals surface area contributed by atoms with Crippen LogP contribution in [0.3, 0.4) is 0 Å². The first kappa shape index (κ1) is 23.5. The number of piperidine rings is 1. The molecule has 9 nitrogen and oxygen atoms in total. The van der Waals surface area contributed by atoms with Crippen LogP contribution in [0.5, 0.6) is 5.75 Å². The first-order chi connectivity index (χ1) is 18.0. The van der Waals surface area contributed by atoms with Crippen LogP contribution < -0.4 is 15.0 Å². The number of nitrogens with one attached hydrogen (secondary N) is 2. The molecule has 5 heterocycles. The summed E-state index contributed by atoms with van der Waals surface area (Å²) in [6.45, 7) is 3.49. The highest BCUT2D eigenvalue weighted by Gasteiger charge is 2.29. The van der Waals surface area contributed by atoms with Gasteiger partial charge >= 0.3 is 0 Å².